The molecular weight excluding hydrogens is 422 g/mol. The summed E-state index contributed by atoms with van der Waals surface area (Å²) in [6.45, 7) is 3.81. The van der Waals surface area contributed by atoms with E-state index in [0.29, 0.717) is 0 Å². The summed E-state index contributed by atoms with van der Waals surface area (Å²) in [5.41, 5.74) is 2.54. The predicted octanol–water partition coefficient (Wildman–Crippen LogP) is 3.62. The first-order chi connectivity index (χ1) is 15.8. The molecule has 8 heteroatoms. The van der Waals surface area contributed by atoms with Gasteiger partial charge in [-0.15, -0.1) is 0 Å². The normalized spacial score (nSPS) is 12.8. The topological polar surface area (TPSA) is 121 Å². The van der Waals surface area contributed by atoms with E-state index in [1.54, 1.807) is 6.20 Å². The van der Waals surface area contributed by atoms with Gasteiger partial charge in [-0.2, -0.15) is 0 Å². The zero-order valence-corrected chi connectivity index (χ0v) is 18.7. The maximum atomic E-state index is 13.1. The molecule has 0 saturated heterocycles. The monoisotopic (exact) mass is 451 g/mol. The highest BCUT2D eigenvalue weighted by atomic mass is 16.5. The highest BCUT2D eigenvalue weighted by Gasteiger charge is 2.28. The summed E-state index contributed by atoms with van der Waals surface area (Å²) in [7, 11) is 0. The lowest BCUT2D eigenvalue weighted by atomic mass is 10.0. The van der Waals surface area contributed by atoms with Crippen LogP contribution in [-0.4, -0.2) is 40.1 Å². The van der Waals surface area contributed by atoms with Gasteiger partial charge in [0, 0.05) is 23.5 Å². The summed E-state index contributed by atoms with van der Waals surface area (Å²) in [5, 5.41) is 15.6. The zero-order valence-electron chi connectivity index (χ0n) is 18.7. The molecule has 0 bridgehead atoms. The Balaban J connectivity index is 1.75. The van der Waals surface area contributed by atoms with Crippen LogP contribution in [-0.2, 0) is 27.4 Å². The molecule has 0 fully saturated rings. The molecule has 0 saturated carbocycles. The molecule has 2 atom stereocenters. The Kier molecular flexibility index (Phi) is 8.07. The molecule has 2 unspecified atom stereocenters. The lowest BCUT2D eigenvalue weighted by Gasteiger charge is -2.22. The van der Waals surface area contributed by atoms with Gasteiger partial charge in [-0.25, -0.2) is 9.59 Å². The van der Waals surface area contributed by atoms with E-state index in [4.69, 9.17) is 4.74 Å². The minimum absolute atomic E-state index is 0.0548. The molecule has 3 aromatic rings. The molecular formula is C25H29N3O5. The molecule has 2 aromatic carbocycles. The van der Waals surface area contributed by atoms with Gasteiger partial charge < -0.3 is 25.5 Å². The molecule has 1 aromatic heterocycles. The molecule has 4 N–H and O–H groups in total. The van der Waals surface area contributed by atoms with E-state index in [1.165, 1.54) is 0 Å². The Bertz CT molecular complexity index is 1090. The fourth-order valence-electron chi connectivity index (χ4n) is 3.60. The van der Waals surface area contributed by atoms with Crippen LogP contribution in [0.2, 0.25) is 0 Å². The van der Waals surface area contributed by atoms with Gasteiger partial charge in [0.05, 0.1) is 0 Å². The van der Waals surface area contributed by atoms with E-state index in [9.17, 15) is 19.5 Å². The van der Waals surface area contributed by atoms with Crippen molar-refractivity contribution in [2.45, 2.75) is 45.4 Å². The molecule has 3 rings (SSSR count). The number of nitrogens with one attached hydrogen (secondary N) is 3. The number of aromatic amines is 1. The number of para-hydroxylation sites is 1. The van der Waals surface area contributed by atoms with Crippen molar-refractivity contribution in [3.05, 3.63) is 71.9 Å². The lowest BCUT2D eigenvalue weighted by Crippen LogP contribution is -2.52. The lowest BCUT2D eigenvalue weighted by molar-refractivity contribution is -0.142. The molecule has 2 amide bonds. The number of H-pyrrole nitrogens is 1. The molecule has 33 heavy (non-hydrogen) atoms. The van der Waals surface area contributed by atoms with Gasteiger partial charge in [-0.1, -0.05) is 62.4 Å². The third-order valence-electron chi connectivity index (χ3n) is 5.24. The van der Waals surface area contributed by atoms with Gasteiger partial charge in [0.2, 0.25) is 5.91 Å². The summed E-state index contributed by atoms with van der Waals surface area (Å²) in [6, 6.07) is 14.7. The van der Waals surface area contributed by atoms with Crippen LogP contribution < -0.4 is 10.6 Å². The Morgan fingerprint density at radius 2 is 1.67 bits per heavy atom. The fraction of sp³-hybridized carbons (Fsp3) is 0.320. The van der Waals surface area contributed by atoms with E-state index in [0.717, 1.165) is 22.0 Å². The van der Waals surface area contributed by atoms with Crippen LogP contribution in [0.3, 0.4) is 0 Å². The van der Waals surface area contributed by atoms with Crippen molar-refractivity contribution in [1.82, 2.24) is 15.6 Å². The second-order valence-corrected chi connectivity index (χ2v) is 8.35. The van der Waals surface area contributed by atoms with Crippen LogP contribution in [0.25, 0.3) is 10.9 Å². The maximum absolute atomic E-state index is 13.1. The fourth-order valence-corrected chi connectivity index (χ4v) is 3.60. The Morgan fingerprint density at radius 3 is 2.36 bits per heavy atom. The SMILES string of the molecule is CC(C)CC(NC(=O)C(Cc1c[nH]c2ccccc12)NC(=O)OCc1ccccc1)C(=O)O. The largest absolute Gasteiger partial charge is 0.480 e. The van der Waals surface area contributed by atoms with Gasteiger partial charge in [0.15, 0.2) is 0 Å². The van der Waals surface area contributed by atoms with Gasteiger partial charge in [0.1, 0.15) is 18.7 Å². The number of ether oxygens (including phenoxy) is 1. The number of carbonyl (C=O) groups excluding carboxylic acids is 2. The first-order valence-electron chi connectivity index (χ1n) is 10.9. The number of benzene rings is 2. The number of aliphatic carboxylic acids is 1. The average Bonchev–Trinajstić information content (AvgIpc) is 3.20. The first kappa shape index (κ1) is 23.8. The van der Waals surface area contributed by atoms with Crippen molar-refractivity contribution < 1.29 is 24.2 Å². The van der Waals surface area contributed by atoms with E-state index < -0.39 is 30.1 Å². The van der Waals surface area contributed by atoms with Crippen LogP contribution in [0.4, 0.5) is 4.79 Å². The number of carbonyl (C=O) groups is 3. The standard InChI is InChI=1S/C25H29N3O5/c1-16(2)12-22(24(30)31)27-23(29)21(13-18-14-26-20-11-7-6-10-19(18)20)28-25(32)33-15-17-8-4-3-5-9-17/h3-11,14,16,21-22,26H,12-13,15H2,1-2H3,(H,27,29)(H,28,32)(H,30,31). The van der Waals surface area contributed by atoms with Crippen molar-refractivity contribution in [2.75, 3.05) is 0 Å². The minimum Gasteiger partial charge on any atom is -0.480 e. The molecule has 8 nitrogen and oxygen atoms in total. The first-order valence-corrected chi connectivity index (χ1v) is 10.9. The average molecular weight is 452 g/mol. The smallest absolute Gasteiger partial charge is 0.408 e. The minimum atomic E-state index is -1.12. The quantitative estimate of drug-likeness (QED) is 0.375. The van der Waals surface area contributed by atoms with E-state index in [2.05, 4.69) is 15.6 Å². The molecule has 1 heterocycles. The van der Waals surface area contributed by atoms with Crippen molar-refractivity contribution in [2.24, 2.45) is 5.92 Å². The Labute approximate surface area is 192 Å². The van der Waals surface area contributed by atoms with Gasteiger partial charge in [-0.3, -0.25) is 4.79 Å². The van der Waals surface area contributed by atoms with Crippen LogP contribution in [0.1, 0.15) is 31.4 Å². The molecule has 0 radical (unpaired) electrons. The number of aromatic nitrogens is 1. The summed E-state index contributed by atoms with van der Waals surface area (Å²) in [4.78, 5) is 40.3. The maximum Gasteiger partial charge on any atom is 0.408 e. The van der Waals surface area contributed by atoms with E-state index >= 15 is 0 Å². The number of hydrogen-bond acceptors (Lipinski definition) is 4. The summed E-state index contributed by atoms with van der Waals surface area (Å²) in [5.74, 6) is -1.62. The van der Waals surface area contributed by atoms with Crippen LogP contribution in [0.5, 0.6) is 0 Å². The molecule has 0 spiro atoms. The number of fused-ring (bicyclic) bond motifs is 1. The number of amides is 2. The number of carboxylic acids is 1. The third-order valence-corrected chi connectivity index (χ3v) is 5.24. The summed E-state index contributed by atoms with van der Waals surface area (Å²) in [6.07, 6.45) is 1.48. The molecule has 0 aliphatic rings. The Morgan fingerprint density at radius 1 is 0.970 bits per heavy atom. The molecule has 0 aliphatic carbocycles. The number of alkyl carbamates (subject to hydrolysis) is 1. The number of carboxylic acid groups (broad SMARTS) is 1. The van der Waals surface area contributed by atoms with Crippen molar-refractivity contribution >= 4 is 28.9 Å². The van der Waals surface area contributed by atoms with Gasteiger partial charge >= 0.3 is 12.1 Å². The number of hydrogen-bond donors (Lipinski definition) is 4. The van der Waals surface area contributed by atoms with Crippen molar-refractivity contribution in [3.63, 3.8) is 0 Å². The molecule has 174 valence electrons. The van der Waals surface area contributed by atoms with E-state index in [-0.39, 0.29) is 25.4 Å². The third kappa shape index (κ3) is 6.83. The second kappa shape index (κ2) is 11.2. The second-order valence-electron chi connectivity index (χ2n) is 8.35. The van der Waals surface area contributed by atoms with Crippen molar-refractivity contribution in [3.8, 4) is 0 Å². The van der Waals surface area contributed by atoms with Crippen LogP contribution in [0.15, 0.2) is 60.8 Å². The zero-order chi connectivity index (χ0) is 23.8. The summed E-state index contributed by atoms with van der Waals surface area (Å²) < 4.78 is 5.28. The molecule has 0 aliphatic heterocycles. The van der Waals surface area contributed by atoms with Crippen LogP contribution >= 0.6 is 0 Å². The Hall–Kier alpha value is -3.81. The van der Waals surface area contributed by atoms with Crippen molar-refractivity contribution in [1.29, 1.82) is 0 Å². The number of rotatable bonds is 10. The highest BCUT2D eigenvalue weighted by molar-refractivity contribution is 5.90. The van der Waals surface area contributed by atoms with Gasteiger partial charge in [-0.05, 0) is 29.5 Å². The van der Waals surface area contributed by atoms with Gasteiger partial charge in [0.25, 0.3) is 0 Å². The predicted molar refractivity (Wildman–Crippen MR) is 125 cm³/mol. The highest BCUT2D eigenvalue weighted by Crippen LogP contribution is 2.19. The summed E-state index contributed by atoms with van der Waals surface area (Å²) >= 11 is 0. The van der Waals surface area contributed by atoms with E-state index in [1.807, 2.05) is 68.4 Å². The van der Waals surface area contributed by atoms with Crippen LogP contribution in [0, 0.1) is 5.92 Å².